The van der Waals surface area contributed by atoms with E-state index in [1.807, 2.05) is 66.5 Å². The minimum absolute atomic E-state index is 0. The van der Waals surface area contributed by atoms with E-state index in [0.717, 1.165) is 70.4 Å². The molecule has 3 aromatic rings. The lowest BCUT2D eigenvalue weighted by Gasteiger charge is -2.43. The van der Waals surface area contributed by atoms with E-state index in [9.17, 15) is 9.59 Å². The fourth-order valence-corrected chi connectivity index (χ4v) is 6.59. The van der Waals surface area contributed by atoms with Crippen LogP contribution in [-0.2, 0) is 5.54 Å². The Kier molecular flexibility index (Phi) is 11.8. The fraction of sp³-hybridized carbons (Fsp3) is 0.412. The van der Waals surface area contributed by atoms with Crippen LogP contribution in [0.15, 0.2) is 78.9 Å². The number of urea groups is 1. The second-order valence-electron chi connectivity index (χ2n) is 11.6. The molecular weight excluding hydrogens is 603 g/mol. The molecule has 1 unspecified atom stereocenters. The highest BCUT2D eigenvalue weighted by molar-refractivity contribution is 6.42. The molecule has 2 heterocycles. The van der Waals surface area contributed by atoms with E-state index in [-0.39, 0.29) is 35.8 Å². The lowest BCUT2D eigenvalue weighted by molar-refractivity contribution is 0.0778. The first-order chi connectivity index (χ1) is 20.3. The van der Waals surface area contributed by atoms with E-state index in [2.05, 4.69) is 34.5 Å². The Balaban J connectivity index is 0.00000423. The second kappa shape index (κ2) is 15.3. The van der Waals surface area contributed by atoms with Gasteiger partial charge < -0.3 is 20.0 Å². The number of benzene rings is 3. The highest BCUT2D eigenvalue weighted by atomic mass is 35.5. The summed E-state index contributed by atoms with van der Waals surface area (Å²) in [6, 6.07) is 25.6. The number of nitrogens with zero attached hydrogens (tertiary/aromatic N) is 3. The van der Waals surface area contributed by atoms with Crippen LogP contribution in [0.1, 0.15) is 59.5 Å². The normalized spacial score (nSPS) is 17.1. The van der Waals surface area contributed by atoms with E-state index in [1.165, 1.54) is 5.56 Å². The number of hydrogen-bond donors (Lipinski definition) is 1. The number of nitrogens with one attached hydrogen (secondary N) is 1. The van der Waals surface area contributed by atoms with Crippen LogP contribution in [0.25, 0.3) is 0 Å². The Hall–Kier alpha value is -2.77. The van der Waals surface area contributed by atoms with Crippen LogP contribution >= 0.6 is 35.6 Å². The van der Waals surface area contributed by atoms with Gasteiger partial charge in [-0.3, -0.25) is 4.79 Å². The number of carbonyl (C=O) groups excluding carboxylic acids is 2. The van der Waals surface area contributed by atoms with Crippen molar-refractivity contribution in [3.63, 3.8) is 0 Å². The van der Waals surface area contributed by atoms with Crippen LogP contribution in [0.4, 0.5) is 4.79 Å². The molecule has 3 amide bonds. The van der Waals surface area contributed by atoms with E-state index in [4.69, 9.17) is 23.2 Å². The van der Waals surface area contributed by atoms with Crippen LogP contribution in [0.3, 0.4) is 0 Å². The Morgan fingerprint density at radius 1 is 0.884 bits per heavy atom. The summed E-state index contributed by atoms with van der Waals surface area (Å²) < 4.78 is 0. The third-order valence-corrected chi connectivity index (χ3v) is 9.59. The smallest absolute Gasteiger partial charge is 0.318 e. The zero-order valence-corrected chi connectivity index (χ0v) is 27.0. The summed E-state index contributed by atoms with van der Waals surface area (Å²) in [4.78, 5) is 32.6. The topological polar surface area (TPSA) is 55.9 Å². The first kappa shape index (κ1) is 33.1. The van der Waals surface area contributed by atoms with Gasteiger partial charge in [-0.2, -0.15) is 0 Å². The molecule has 0 radical (unpaired) electrons. The molecule has 0 aliphatic carbocycles. The van der Waals surface area contributed by atoms with E-state index < -0.39 is 0 Å². The van der Waals surface area contributed by atoms with Gasteiger partial charge in [0.05, 0.1) is 15.6 Å². The molecule has 0 bridgehead atoms. The summed E-state index contributed by atoms with van der Waals surface area (Å²) in [5, 5.41) is 4.51. The Morgan fingerprint density at radius 3 is 2.14 bits per heavy atom. The molecule has 1 N–H and O–H groups in total. The molecule has 230 valence electrons. The predicted molar refractivity (Wildman–Crippen MR) is 178 cm³/mol. The summed E-state index contributed by atoms with van der Waals surface area (Å²) in [5.74, 6) is 0.0909. The SMILES string of the molecule is CN(CC(CCN1CCC(NC(=O)N2CCCC2)(c2ccccc2)CC1)c1ccc(Cl)c(Cl)c1)C(=O)c1ccccc1.Cl. The van der Waals surface area contributed by atoms with Crippen LogP contribution in [0.2, 0.25) is 10.0 Å². The van der Waals surface area contributed by atoms with Gasteiger partial charge in [-0.1, -0.05) is 77.8 Å². The van der Waals surface area contributed by atoms with Gasteiger partial charge in [-0.15, -0.1) is 12.4 Å². The second-order valence-corrected chi connectivity index (χ2v) is 12.4. The monoisotopic (exact) mass is 642 g/mol. The quantitative estimate of drug-likeness (QED) is 0.263. The molecule has 2 aliphatic heterocycles. The van der Waals surface area contributed by atoms with Crippen LogP contribution in [0.5, 0.6) is 0 Å². The minimum atomic E-state index is -0.372. The largest absolute Gasteiger partial charge is 0.341 e. The third-order valence-electron chi connectivity index (χ3n) is 8.85. The van der Waals surface area contributed by atoms with Crippen molar-refractivity contribution in [2.75, 3.05) is 46.3 Å². The standard InChI is InChI=1S/C34H40Cl2N4O2.ClH/c1-38(32(41)26-10-4-2-5-11-26)25-28(27-14-15-30(35)31(36)24-27)16-21-39-22-17-34(18-23-39,29-12-6-3-7-13-29)37-33(42)40-19-8-9-20-40;/h2-7,10-15,24,28H,8-9,16-23,25H2,1H3,(H,37,42);1H. The number of hydrogen-bond acceptors (Lipinski definition) is 3. The molecule has 2 saturated heterocycles. The van der Waals surface area contributed by atoms with Crippen molar-refractivity contribution >= 4 is 47.5 Å². The fourth-order valence-electron chi connectivity index (χ4n) is 6.29. The van der Waals surface area contributed by atoms with Gasteiger partial charge in [-0.25, -0.2) is 4.79 Å². The van der Waals surface area contributed by atoms with Crippen molar-refractivity contribution in [2.24, 2.45) is 0 Å². The Morgan fingerprint density at radius 2 is 1.51 bits per heavy atom. The zero-order valence-electron chi connectivity index (χ0n) is 24.7. The van der Waals surface area contributed by atoms with Gasteiger partial charge in [0.15, 0.2) is 0 Å². The highest BCUT2D eigenvalue weighted by Crippen LogP contribution is 2.35. The number of halogens is 3. The van der Waals surface area contributed by atoms with Crippen molar-refractivity contribution in [3.05, 3.63) is 106 Å². The summed E-state index contributed by atoms with van der Waals surface area (Å²) in [6.07, 6.45) is 4.71. The molecule has 6 nitrogen and oxygen atoms in total. The number of likely N-dealkylation sites (tertiary alicyclic amines) is 2. The maximum absolute atomic E-state index is 13.2. The average Bonchev–Trinajstić information content (AvgIpc) is 3.57. The van der Waals surface area contributed by atoms with Crippen molar-refractivity contribution in [1.29, 1.82) is 0 Å². The van der Waals surface area contributed by atoms with Crippen molar-refractivity contribution in [2.45, 2.75) is 43.6 Å². The lowest BCUT2D eigenvalue weighted by atomic mass is 9.80. The molecule has 9 heteroatoms. The average molecular weight is 644 g/mol. The van der Waals surface area contributed by atoms with E-state index >= 15 is 0 Å². The Bertz CT molecular complexity index is 1340. The third kappa shape index (κ3) is 8.24. The molecule has 0 aromatic heterocycles. The zero-order chi connectivity index (χ0) is 29.5. The minimum Gasteiger partial charge on any atom is -0.341 e. The molecule has 0 spiro atoms. The number of piperidine rings is 1. The molecule has 1 atom stereocenters. The summed E-state index contributed by atoms with van der Waals surface area (Å²) in [6.45, 7) is 4.87. The molecular formula is C34H41Cl3N4O2. The van der Waals surface area contributed by atoms with Gasteiger partial charge in [-0.05, 0) is 74.0 Å². The maximum atomic E-state index is 13.2. The van der Waals surface area contributed by atoms with Gasteiger partial charge >= 0.3 is 6.03 Å². The number of carbonyl (C=O) groups is 2. The van der Waals surface area contributed by atoms with Crippen LogP contribution < -0.4 is 5.32 Å². The number of amides is 3. The van der Waals surface area contributed by atoms with Gasteiger partial charge in [0, 0.05) is 51.3 Å². The first-order valence-corrected chi connectivity index (χ1v) is 15.7. The number of rotatable bonds is 9. The van der Waals surface area contributed by atoms with E-state index in [1.54, 1.807) is 4.90 Å². The van der Waals surface area contributed by atoms with Gasteiger partial charge in [0.1, 0.15) is 0 Å². The number of likely N-dealkylation sites (N-methyl/N-ethyl adjacent to an activating group) is 1. The maximum Gasteiger partial charge on any atom is 0.318 e. The summed E-state index contributed by atoms with van der Waals surface area (Å²) in [5.41, 5.74) is 2.55. The van der Waals surface area contributed by atoms with Crippen molar-refractivity contribution in [1.82, 2.24) is 20.0 Å². The first-order valence-electron chi connectivity index (χ1n) is 14.9. The molecule has 5 rings (SSSR count). The van der Waals surface area contributed by atoms with E-state index in [0.29, 0.717) is 22.2 Å². The highest BCUT2D eigenvalue weighted by Gasteiger charge is 2.39. The summed E-state index contributed by atoms with van der Waals surface area (Å²) >= 11 is 12.7. The molecule has 2 aliphatic rings. The molecule has 2 fully saturated rings. The van der Waals surface area contributed by atoms with Gasteiger partial charge in [0.2, 0.25) is 0 Å². The van der Waals surface area contributed by atoms with Crippen molar-refractivity contribution in [3.8, 4) is 0 Å². The predicted octanol–water partition coefficient (Wildman–Crippen LogP) is 7.46. The Labute approximate surface area is 271 Å². The van der Waals surface area contributed by atoms with Crippen LogP contribution in [-0.4, -0.2) is 73.0 Å². The van der Waals surface area contributed by atoms with Crippen molar-refractivity contribution < 1.29 is 9.59 Å². The molecule has 3 aromatic carbocycles. The molecule has 0 saturated carbocycles. The lowest BCUT2D eigenvalue weighted by Crippen LogP contribution is -2.56. The van der Waals surface area contributed by atoms with Crippen LogP contribution in [0, 0.1) is 0 Å². The van der Waals surface area contributed by atoms with Gasteiger partial charge in [0.25, 0.3) is 5.91 Å². The molecule has 43 heavy (non-hydrogen) atoms. The summed E-state index contributed by atoms with van der Waals surface area (Å²) in [7, 11) is 1.86.